The second-order valence-electron chi connectivity index (χ2n) is 8.28. The Morgan fingerprint density at radius 3 is 2.54 bits per heavy atom. The van der Waals surface area contributed by atoms with Gasteiger partial charge < -0.3 is 9.84 Å². The Kier molecular flexibility index (Phi) is 8.15. The molecule has 190 valence electrons. The van der Waals surface area contributed by atoms with Crippen LogP contribution < -0.4 is 9.64 Å². The number of hydrogen-bond donors (Lipinski definition) is 1. The summed E-state index contributed by atoms with van der Waals surface area (Å²) in [6, 6.07) is 17.7. The number of amides is 1. The van der Waals surface area contributed by atoms with Gasteiger partial charge in [-0.3, -0.25) is 14.5 Å². The lowest BCUT2D eigenvalue weighted by Gasteiger charge is -2.21. The number of carboxylic acid groups (broad SMARTS) is 1. The van der Waals surface area contributed by atoms with Gasteiger partial charge in [0.1, 0.15) is 5.69 Å². The third-order valence-corrected chi connectivity index (χ3v) is 6.94. The lowest BCUT2D eigenvalue weighted by atomic mass is 9.95. The largest absolute Gasteiger partial charge is 0.481 e. The molecule has 2 aromatic heterocycles. The molecule has 2 aromatic carbocycles. The number of nitrogens with zero attached hydrogens (tertiary/aromatic N) is 3. The number of carbonyl (C=O) groups is 2. The fraction of sp³-hybridized carbons (Fsp3) is 0.185. The van der Waals surface area contributed by atoms with E-state index in [1.54, 1.807) is 36.5 Å². The van der Waals surface area contributed by atoms with Crippen molar-refractivity contribution < 1.29 is 23.8 Å². The molecule has 0 aliphatic carbocycles. The average molecular weight is 540 g/mol. The van der Waals surface area contributed by atoms with E-state index in [1.807, 2.05) is 30.3 Å². The summed E-state index contributed by atoms with van der Waals surface area (Å²) in [5.41, 5.74) is 2.66. The number of anilines is 1. The first-order valence-electron chi connectivity index (χ1n) is 11.3. The van der Waals surface area contributed by atoms with Gasteiger partial charge in [0.05, 0.1) is 19.4 Å². The Labute approximate surface area is 222 Å². The first-order valence-corrected chi connectivity index (χ1v) is 12.5. The number of halogens is 2. The summed E-state index contributed by atoms with van der Waals surface area (Å²) in [5.74, 6) is -1.96. The molecule has 4 aromatic rings. The van der Waals surface area contributed by atoms with E-state index in [-0.39, 0.29) is 23.7 Å². The molecule has 1 N–H and O–H groups in total. The molecular weight excluding hydrogens is 517 g/mol. The van der Waals surface area contributed by atoms with Gasteiger partial charge in [-0.15, -0.1) is 0 Å². The minimum absolute atomic E-state index is 0.0332. The van der Waals surface area contributed by atoms with Crippen LogP contribution in [0.4, 0.5) is 9.52 Å². The van der Waals surface area contributed by atoms with E-state index >= 15 is 4.39 Å². The number of aliphatic carboxylic acids is 1. The molecular formula is C27H23ClFN3O4S. The number of rotatable bonds is 9. The summed E-state index contributed by atoms with van der Waals surface area (Å²) in [5, 5.41) is 9.29. The highest BCUT2D eigenvalue weighted by Crippen LogP contribution is 2.39. The molecule has 0 fully saturated rings. The van der Waals surface area contributed by atoms with Crippen LogP contribution in [0.15, 0.2) is 66.9 Å². The lowest BCUT2D eigenvalue weighted by Crippen LogP contribution is -2.35. The first kappa shape index (κ1) is 26.2. The number of benzene rings is 2. The molecule has 0 unspecified atom stereocenters. The van der Waals surface area contributed by atoms with Gasteiger partial charge in [-0.05, 0) is 35.7 Å². The van der Waals surface area contributed by atoms with Crippen LogP contribution in [0.3, 0.4) is 0 Å². The highest BCUT2D eigenvalue weighted by molar-refractivity contribution is 7.14. The van der Waals surface area contributed by atoms with E-state index in [0.29, 0.717) is 38.9 Å². The van der Waals surface area contributed by atoms with E-state index < -0.39 is 22.9 Å². The van der Waals surface area contributed by atoms with Crippen molar-refractivity contribution in [2.75, 3.05) is 19.1 Å². The molecule has 0 aliphatic rings. The SMILES string of the molecule is COc1ccc(-c2ccc(Cl)cc2-c2nc(N(C)C(=O)[C@@H](CC(=O)O)Cc3ccccc3)sc2F)cn1. The molecule has 10 heteroatoms. The van der Waals surface area contributed by atoms with Crippen molar-refractivity contribution in [3.63, 3.8) is 0 Å². The number of aromatic nitrogens is 2. The van der Waals surface area contributed by atoms with Gasteiger partial charge in [-0.25, -0.2) is 9.97 Å². The second-order valence-corrected chi connectivity index (χ2v) is 9.64. The Hall–Kier alpha value is -3.82. The first-order chi connectivity index (χ1) is 17.8. The van der Waals surface area contributed by atoms with Crippen molar-refractivity contribution in [1.82, 2.24) is 9.97 Å². The van der Waals surface area contributed by atoms with E-state index in [9.17, 15) is 14.7 Å². The maximum absolute atomic E-state index is 15.3. The third kappa shape index (κ3) is 6.12. The topological polar surface area (TPSA) is 92.6 Å². The predicted octanol–water partition coefficient (Wildman–Crippen LogP) is 5.97. The Morgan fingerprint density at radius 1 is 1.14 bits per heavy atom. The molecule has 0 aliphatic heterocycles. The van der Waals surface area contributed by atoms with Crippen LogP contribution in [-0.2, 0) is 16.0 Å². The number of carbonyl (C=O) groups excluding carboxylic acids is 1. The number of methoxy groups -OCH3 is 1. The monoisotopic (exact) mass is 539 g/mol. The van der Waals surface area contributed by atoms with E-state index in [0.717, 1.165) is 5.56 Å². The zero-order chi connectivity index (χ0) is 26.5. The van der Waals surface area contributed by atoms with Gasteiger partial charge in [-0.1, -0.05) is 59.3 Å². The fourth-order valence-corrected chi connectivity index (χ4v) is 4.90. The molecule has 7 nitrogen and oxygen atoms in total. The van der Waals surface area contributed by atoms with Crippen LogP contribution >= 0.6 is 22.9 Å². The van der Waals surface area contributed by atoms with Crippen LogP contribution in [0.25, 0.3) is 22.4 Å². The number of thiazole rings is 1. The van der Waals surface area contributed by atoms with E-state index in [4.69, 9.17) is 16.3 Å². The normalized spacial score (nSPS) is 11.7. The van der Waals surface area contributed by atoms with Crippen molar-refractivity contribution in [3.05, 3.63) is 82.6 Å². The summed E-state index contributed by atoms with van der Waals surface area (Å²) >= 11 is 6.94. The van der Waals surface area contributed by atoms with Crippen LogP contribution in [0.2, 0.25) is 5.02 Å². The van der Waals surface area contributed by atoms with Crippen molar-refractivity contribution in [2.24, 2.45) is 5.92 Å². The van der Waals surface area contributed by atoms with E-state index in [2.05, 4.69) is 9.97 Å². The highest BCUT2D eigenvalue weighted by Gasteiger charge is 2.29. The van der Waals surface area contributed by atoms with Crippen LogP contribution in [-0.4, -0.2) is 41.1 Å². The predicted molar refractivity (Wildman–Crippen MR) is 142 cm³/mol. The molecule has 0 saturated carbocycles. The number of ether oxygens (including phenoxy) is 1. The molecule has 1 atom stereocenters. The zero-order valence-electron chi connectivity index (χ0n) is 20.0. The minimum atomic E-state index is -1.09. The Morgan fingerprint density at radius 2 is 1.89 bits per heavy atom. The number of hydrogen-bond acceptors (Lipinski definition) is 6. The van der Waals surface area contributed by atoms with Gasteiger partial charge in [-0.2, -0.15) is 4.39 Å². The minimum Gasteiger partial charge on any atom is -0.481 e. The van der Waals surface area contributed by atoms with E-state index in [1.165, 1.54) is 19.1 Å². The Bertz CT molecular complexity index is 1410. The van der Waals surface area contributed by atoms with Crippen LogP contribution in [0.1, 0.15) is 12.0 Å². The molecule has 4 rings (SSSR count). The maximum atomic E-state index is 15.3. The van der Waals surface area contributed by atoms with Crippen molar-refractivity contribution in [2.45, 2.75) is 12.8 Å². The smallest absolute Gasteiger partial charge is 0.304 e. The van der Waals surface area contributed by atoms with Crippen molar-refractivity contribution in [1.29, 1.82) is 0 Å². The molecule has 37 heavy (non-hydrogen) atoms. The lowest BCUT2D eigenvalue weighted by molar-refractivity contribution is -0.140. The molecule has 0 bridgehead atoms. The standard InChI is InChI=1S/C27H23ClFN3O4S/c1-32(26(35)18(13-23(33)34)12-16-6-4-3-5-7-16)27-31-24(25(29)37-27)21-14-19(28)9-10-20(21)17-8-11-22(36-2)30-15-17/h3-11,14-15,18H,12-13H2,1-2H3,(H,33,34)/t18-/m1/s1. The molecule has 2 heterocycles. The number of pyridine rings is 1. The van der Waals surface area contributed by atoms with Gasteiger partial charge >= 0.3 is 5.97 Å². The Balaban J connectivity index is 1.67. The summed E-state index contributed by atoms with van der Waals surface area (Å²) < 4.78 is 20.4. The third-order valence-electron chi connectivity index (χ3n) is 5.78. The van der Waals surface area contributed by atoms with Gasteiger partial charge in [0.25, 0.3) is 0 Å². The summed E-state index contributed by atoms with van der Waals surface area (Å²) in [6.45, 7) is 0. The molecule has 1 amide bonds. The van der Waals surface area contributed by atoms with Crippen molar-refractivity contribution >= 4 is 39.9 Å². The number of carboxylic acids is 1. The molecule has 0 saturated heterocycles. The molecule has 0 spiro atoms. The van der Waals surface area contributed by atoms with Crippen LogP contribution in [0, 0.1) is 11.0 Å². The average Bonchev–Trinajstić information content (AvgIpc) is 3.29. The summed E-state index contributed by atoms with van der Waals surface area (Å²) in [6.07, 6.45) is 1.48. The van der Waals surface area contributed by atoms with Gasteiger partial charge in [0.15, 0.2) is 5.13 Å². The second kappa shape index (κ2) is 11.5. The zero-order valence-corrected chi connectivity index (χ0v) is 21.6. The summed E-state index contributed by atoms with van der Waals surface area (Å²) in [7, 11) is 2.98. The summed E-state index contributed by atoms with van der Waals surface area (Å²) in [4.78, 5) is 34.7. The molecule has 0 radical (unpaired) electrons. The quantitative estimate of drug-likeness (QED) is 0.282. The van der Waals surface area contributed by atoms with Gasteiger partial charge in [0, 0.05) is 35.5 Å². The highest BCUT2D eigenvalue weighted by atomic mass is 35.5. The van der Waals surface area contributed by atoms with Crippen molar-refractivity contribution in [3.8, 4) is 28.3 Å². The van der Waals surface area contributed by atoms with Crippen LogP contribution in [0.5, 0.6) is 5.88 Å². The van der Waals surface area contributed by atoms with Gasteiger partial charge in [0.2, 0.25) is 16.9 Å². The fourth-order valence-electron chi connectivity index (χ4n) is 3.95. The maximum Gasteiger partial charge on any atom is 0.304 e.